The van der Waals surface area contributed by atoms with Crippen LogP contribution in [0, 0.1) is 5.92 Å². The van der Waals surface area contributed by atoms with Gasteiger partial charge >= 0.3 is 18.5 Å². The van der Waals surface area contributed by atoms with Gasteiger partial charge in [-0.1, -0.05) is 25.0 Å². The van der Waals surface area contributed by atoms with Gasteiger partial charge < -0.3 is 4.90 Å². The quantitative estimate of drug-likeness (QED) is 0.261. The lowest BCUT2D eigenvalue weighted by atomic mass is 9.87. The molecule has 3 aromatic rings. The molecule has 0 bridgehead atoms. The number of hydrogen-bond donors (Lipinski definition) is 0. The van der Waals surface area contributed by atoms with Gasteiger partial charge in [-0.2, -0.15) is 44.3 Å². The molecule has 230 valence electrons. The number of likely N-dealkylation sites (tertiary alicyclic amines) is 1. The lowest BCUT2D eigenvalue weighted by Gasteiger charge is -2.43. The Kier molecular flexibility index (Phi) is 8.50. The molecule has 42 heavy (non-hydrogen) atoms. The summed E-state index contributed by atoms with van der Waals surface area (Å²) in [6, 6.07) is 3.55. The fourth-order valence-electron chi connectivity index (χ4n) is 5.00. The van der Waals surface area contributed by atoms with Gasteiger partial charge in [0.05, 0.1) is 23.7 Å². The topological polar surface area (TPSA) is 50.1 Å². The van der Waals surface area contributed by atoms with E-state index in [1.165, 1.54) is 13.1 Å². The molecule has 2 heterocycles. The number of alkyl halides is 10. The van der Waals surface area contributed by atoms with Crippen molar-refractivity contribution in [2.45, 2.75) is 57.7 Å². The van der Waals surface area contributed by atoms with Gasteiger partial charge in [0.15, 0.2) is 0 Å². The normalized spacial score (nSPS) is 16.1. The van der Waals surface area contributed by atoms with Gasteiger partial charge in [-0.05, 0) is 58.2 Å². The molecule has 0 N–H and O–H groups in total. The largest absolute Gasteiger partial charge is 0.416 e. The van der Waals surface area contributed by atoms with Gasteiger partial charge in [-0.15, -0.1) is 5.10 Å². The van der Waals surface area contributed by atoms with E-state index in [-0.39, 0.29) is 36.6 Å². The van der Waals surface area contributed by atoms with Crippen LogP contribution in [0.15, 0.2) is 36.4 Å². The van der Waals surface area contributed by atoms with Gasteiger partial charge in [0.2, 0.25) is 0 Å². The van der Waals surface area contributed by atoms with Crippen molar-refractivity contribution in [1.82, 2.24) is 25.1 Å². The monoisotopic (exact) mass is 612 g/mol. The van der Waals surface area contributed by atoms with E-state index in [1.54, 1.807) is 18.7 Å². The summed E-state index contributed by atoms with van der Waals surface area (Å²) in [4.78, 5) is 3.89. The van der Waals surface area contributed by atoms with Crippen molar-refractivity contribution >= 4 is 5.95 Å². The maximum absolute atomic E-state index is 13.8. The standard InChI is InChI=1S/C26H26F10N6/c1-14(2)22(41-12-20(27)13-41)21-5-4-17(24(28,29)30)8-16(21)11-42(23-37-39-40(3)38-23)10-15-6-18(25(31,32)33)9-19(7-15)26(34,35)36/h4-9,14,20,22H,10-13H2,1-3H3/t22-/m1/s1. The van der Waals surface area contributed by atoms with Crippen molar-refractivity contribution in [3.8, 4) is 0 Å². The van der Waals surface area contributed by atoms with Crippen molar-refractivity contribution in [3.05, 3.63) is 69.8 Å². The van der Waals surface area contributed by atoms with Gasteiger partial charge in [0.1, 0.15) is 6.17 Å². The van der Waals surface area contributed by atoms with Crippen LogP contribution in [0.3, 0.4) is 0 Å². The first kappa shape index (κ1) is 31.5. The number of hydrogen-bond acceptors (Lipinski definition) is 5. The summed E-state index contributed by atoms with van der Waals surface area (Å²) in [5.41, 5.74) is -4.06. The predicted octanol–water partition coefficient (Wildman–Crippen LogP) is 6.82. The maximum atomic E-state index is 13.8. The Morgan fingerprint density at radius 3 is 1.86 bits per heavy atom. The van der Waals surface area contributed by atoms with Gasteiger partial charge in [-0.25, -0.2) is 4.39 Å². The molecule has 1 atom stereocenters. The summed E-state index contributed by atoms with van der Waals surface area (Å²) in [7, 11) is 1.36. The molecule has 1 fully saturated rings. The summed E-state index contributed by atoms with van der Waals surface area (Å²) < 4.78 is 136. The molecule has 0 radical (unpaired) electrons. The zero-order chi connectivity index (χ0) is 31.2. The Bertz CT molecular complexity index is 1360. The highest BCUT2D eigenvalue weighted by Gasteiger charge is 2.39. The van der Waals surface area contributed by atoms with E-state index in [1.807, 2.05) is 0 Å². The van der Waals surface area contributed by atoms with Crippen molar-refractivity contribution in [2.24, 2.45) is 13.0 Å². The SMILES string of the molecule is CC(C)[C@H](c1ccc(C(F)(F)F)cc1CN(Cc1cc(C(F)(F)F)cc(C(F)(F)F)c1)c1nnn(C)n1)N1CC(F)C1. The number of nitrogens with zero attached hydrogens (tertiary/aromatic N) is 6. The minimum Gasteiger partial charge on any atom is -0.330 e. The molecule has 1 aromatic heterocycles. The van der Waals surface area contributed by atoms with E-state index in [2.05, 4.69) is 15.4 Å². The molecule has 0 unspecified atom stereocenters. The molecule has 1 aliphatic heterocycles. The number of aromatic nitrogens is 4. The van der Waals surface area contributed by atoms with E-state index >= 15 is 0 Å². The van der Waals surface area contributed by atoms with Gasteiger partial charge in [0, 0.05) is 32.2 Å². The van der Waals surface area contributed by atoms with E-state index < -0.39 is 66.1 Å². The molecule has 2 aromatic carbocycles. The highest BCUT2D eigenvalue weighted by atomic mass is 19.4. The number of halogens is 10. The third-order valence-corrected chi connectivity index (χ3v) is 6.84. The Hall–Kier alpha value is -3.43. The van der Waals surface area contributed by atoms with Crippen molar-refractivity contribution in [3.63, 3.8) is 0 Å². The van der Waals surface area contributed by atoms with E-state index in [4.69, 9.17) is 0 Å². The van der Waals surface area contributed by atoms with Crippen molar-refractivity contribution < 1.29 is 43.9 Å². The summed E-state index contributed by atoms with van der Waals surface area (Å²) in [5.74, 6) is -0.422. The van der Waals surface area contributed by atoms with Gasteiger partial charge in [0.25, 0.3) is 5.95 Å². The summed E-state index contributed by atoms with van der Waals surface area (Å²) in [6.45, 7) is 2.67. The van der Waals surface area contributed by atoms with Crippen molar-refractivity contribution in [2.75, 3.05) is 18.0 Å². The average Bonchev–Trinajstić information content (AvgIpc) is 3.27. The van der Waals surface area contributed by atoms with E-state index in [0.717, 1.165) is 21.8 Å². The number of rotatable bonds is 8. The molecule has 0 saturated carbocycles. The molecule has 0 amide bonds. The third kappa shape index (κ3) is 7.13. The van der Waals surface area contributed by atoms with Crippen LogP contribution < -0.4 is 4.90 Å². The second-order valence-electron chi connectivity index (χ2n) is 10.5. The Balaban J connectivity index is 1.82. The predicted molar refractivity (Wildman–Crippen MR) is 131 cm³/mol. The van der Waals surface area contributed by atoms with Crippen LogP contribution in [-0.4, -0.2) is 44.4 Å². The molecular formula is C26H26F10N6. The minimum absolute atomic E-state index is 0.0161. The van der Waals surface area contributed by atoms with Crippen LogP contribution in [0.2, 0.25) is 0 Å². The van der Waals surface area contributed by atoms with Crippen LogP contribution in [0.4, 0.5) is 49.9 Å². The fraction of sp³-hybridized carbons (Fsp3) is 0.500. The zero-order valence-corrected chi connectivity index (χ0v) is 22.5. The van der Waals surface area contributed by atoms with Crippen LogP contribution in [0.1, 0.15) is 53.3 Å². The minimum atomic E-state index is -5.10. The third-order valence-electron chi connectivity index (χ3n) is 6.84. The maximum Gasteiger partial charge on any atom is 0.416 e. The molecular weight excluding hydrogens is 586 g/mol. The second kappa shape index (κ2) is 11.3. The van der Waals surface area contributed by atoms with E-state index in [9.17, 15) is 43.9 Å². The lowest BCUT2D eigenvalue weighted by molar-refractivity contribution is -0.143. The Labute approximate surface area is 233 Å². The average molecular weight is 613 g/mol. The first-order valence-corrected chi connectivity index (χ1v) is 12.7. The first-order chi connectivity index (χ1) is 19.3. The first-order valence-electron chi connectivity index (χ1n) is 12.7. The lowest BCUT2D eigenvalue weighted by Crippen LogP contribution is -2.51. The van der Waals surface area contributed by atoms with Crippen LogP contribution >= 0.6 is 0 Å². The second-order valence-corrected chi connectivity index (χ2v) is 10.5. The molecule has 0 spiro atoms. The molecule has 4 rings (SSSR count). The molecule has 6 nitrogen and oxygen atoms in total. The van der Waals surface area contributed by atoms with Crippen molar-refractivity contribution in [1.29, 1.82) is 0 Å². The number of aryl methyl sites for hydroxylation is 1. The van der Waals surface area contributed by atoms with Crippen LogP contribution in [0.25, 0.3) is 0 Å². The van der Waals surface area contributed by atoms with E-state index in [0.29, 0.717) is 17.7 Å². The molecule has 1 aliphatic rings. The molecule has 16 heteroatoms. The Morgan fingerprint density at radius 1 is 0.833 bits per heavy atom. The number of anilines is 1. The fourth-order valence-corrected chi connectivity index (χ4v) is 5.00. The van der Waals surface area contributed by atoms with Crippen LogP contribution in [0.5, 0.6) is 0 Å². The smallest absolute Gasteiger partial charge is 0.330 e. The summed E-state index contributed by atoms with van der Waals surface area (Å²) >= 11 is 0. The highest BCUT2D eigenvalue weighted by molar-refractivity contribution is 5.42. The molecule has 1 saturated heterocycles. The summed E-state index contributed by atoms with van der Waals surface area (Å²) in [6.07, 6.45) is -16.1. The van der Waals surface area contributed by atoms with Crippen LogP contribution in [-0.2, 0) is 38.7 Å². The number of tetrazole rings is 1. The highest BCUT2D eigenvalue weighted by Crippen LogP contribution is 2.40. The Morgan fingerprint density at radius 2 is 1.40 bits per heavy atom. The zero-order valence-electron chi connectivity index (χ0n) is 22.5. The number of benzene rings is 2. The summed E-state index contributed by atoms with van der Waals surface area (Å²) in [5, 5.41) is 11.5. The molecule has 0 aliphatic carbocycles. The van der Waals surface area contributed by atoms with Gasteiger partial charge in [-0.3, -0.25) is 4.90 Å².